The molecule has 1 aromatic carbocycles. The van der Waals surface area contributed by atoms with Crippen LogP contribution < -0.4 is 10.1 Å². The van der Waals surface area contributed by atoms with E-state index in [1.54, 1.807) is 31.2 Å². The normalized spacial score (nSPS) is 12.5. The second kappa shape index (κ2) is 4.59. The first-order valence-electron chi connectivity index (χ1n) is 5.37. The molecule has 19 heavy (non-hydrogen) atoms. The maximum absolute atomic E-state index is 12.1. The molecule has 3 rings (SSSR count). The van der Waals surface area contributed by atoms with Crippen molar-refractivity contribution in [3.63, 3.8) is 0 Å². The van der Waals surface area contributed by atoms with E-state index in [0.717, 1.165) is 5.56 Å². The van der Waals surface area contributed by atoms with Gasteiger partial charge in [-0.15, -0.1) is 5.10 Å². The van der Waals surface area contributed by atoms with Crippen LogP contribution in [0.2, 0.25) is 10.0 Å². The summed E-state index contributed by atoms with van der Waals surface area (Å²) in [5.41, 5.74) is 0.638. The van der Waals surface area contributed by atoms with Gasteiger partial charge in [0.1, 0.15) is 5.82 Å². The number of thiazole rings is 1. The zero-order valence-electron chi connectivity index (χ0n) is 9.72. The van der Waals surface area contributed by atoms with Crippen LogP contribution in [0.5, 0.6) is 0 Å². The van der Waals surface area contributed by atoms with Crippen molar-refractivity contribution in [2.45, 2.75) is 6.92 Å². The van der Waals surface area contributed by atoms with Crippen LogP contribution in [-0.2, 0) is 0 Å². The van der Waals surface area contributed by atoms with Gasteiger partial charge in [0, 0.05) is 0 Å². The predicted octanol–water partition coefficient (Wildman–Crippen LogP) is 2.31. The SMILES string of the molecule is Cc1nc2s/c(=C\c3ccc(Cl)c(Cl)c3)c(=O)n2n1. The van der Waals surface area contributed by atoms with Gasteiger partial charge >= 0.3 is 0 Å². The average Bonchev–Trinajstić information content (AvgIpc) is 2.84. The molecule has 0 saturated carbocycles. The van der Waals surface area contributed by atoms with Crippen molar-refractivity contribution in [2.75, 3.05) is 0 Å². The Bertz CT molecular complexity index is 884. The van der Waals surface area contributed by atoms with E-state index in [1.807, 2.05) is 0 Å². The van der Waals surface area contributed by atoms with E-state index in [2.05, 4.69) is 10.1 Å². The summed E-state index contributed by atoms with van der Waals surface area (Å²) in [5.74, 6) is 0.587. The molecule has 0 unspecified atom stereocenters. The topological polar surface area (TPSA) is 47.3 Å². The van der Waals surface area contributed by atoms with Crippen LogP contribution in [0, 0.1) is 6.92 Å². The van der Waals surface area contributed by atoms with Gasteiger partial charge in [-0.1, -0.05) is 40.6 Å². The van der Waals surface area contributed by atoms with Gasteiger partial charge in [-0.25, -0.2) is 4.98 Å². The lowest BCUT2D eigenvalue weighted by atomic mass is 10.2. The summed E-state index contributed by atoms with van der Waals surface area (Å²) in [6, 6.07) is 5.21. The van der Waals surface area contributed by atoms with Gasteiger partial charge in [-0.2, -0.15) is 4.52 Å². The van der Waals surface area contributed by atoms with E-state index in [9.17, 15) is 4.79 Å². The number of fused-ring (bicyclic) bond motifs is 1. The van der Waals surface area contributed by atoms with Crippen LogP contribution in [0.15, 0.2) is 23.0 Å². The first-order valence-corrected chi connectivity index (χ1v) is 6.95. The standard InChI is InChI=1S/C12H7Cl2N3OS/c1-6-15-12-17(16-6)11(18)10(19-12)5-7-2-3-8(13)9(14)4-7/h2-5H,1H3/b10-5-. The minimum absolute atomic E-state index is 0.174. The van der Waals surface area contributed by atoms with Gasteiger partial charge < -0.3 is 0 Å². The van der Waals surface area contributed by atoms with Crippen LogP contribution in [0.25, 0.3) is 11.0 Å². The molecule has 3 aromatic rings. The molecule has 4 nitrogen and oxygen atoms in total. The molecule has 0 amide bonds. The van der Waals surface area contributed by atoms with Crippen molar-refractivity contribution in [2.24, 2.45) is 0 Å². The van der Waals surface area contributed by atoms with E-state index < -0.39 is 0 Å². The van der Waals surface area contributed by atoms with E-state index in [1.165, 1.54) is 15.9 Å². The first kappa shape index (κ1) is 12.6. The quantitative estimate of drug-likeness (QED) is 0.693. The minimum Gasteiger partial charge on any atom is -0.266 e. The largest absolute Gasteiger partial charge is 0.291 e. The summed E-state index contributed by atoms with van der Waals surface area (Å²) in [7, 11) is 0. The predicted molar refractivity (Wildman–Crippen MR) is 77.1 cm³/mol. The Morgan fingerprint density at radius 1 is 1.32 bits per heavy atom. The fraction of sp³-hybridized carbons (Fsp3) is 0.0833. The van der Waals surface area contributed by atoms with Crippen molar-refractivity contribution in [1.82, 2.24) is 14.6 Å². The molecule has 0 aliphatic carbocycles. The zero-order valence-corrected chi connectivity index (χ0v) is 12.1. The fourth-order valence-electron chi connectivity index (χ4n) is 1.69. The highest BCUT2D eigenvalue weighted by Crippen LogP contribution is 2.22. The van der Waals surface area contributed by atoms with Crippen molar-refractivity contribution >= 4 is 45.6 Å². The third kappa shape index (κ3) is 2.25. The molecule has 0 bridgehead atoms. The highest BCUT2D eigenvalue weighted by atomic mass is 35.5. The average molecular weight is 312 g/mol. The maximum Gasteiger partial charge on any atom is 0.291 e. The molecule has 0 atom stereocenters. The molecule has 0 fully saturated rings. The molecule has 0 aliphatic heterocycles. The number of aryl methyl sites for hydroxylation is 1. The molecular weight excluding hydrogens is 305 g/mol. The summed E-state index contributed by atoms with van der Waals surface area (Å²) in [5, 5.41) is 4.99. The number of halogens is 2. The molecule has 0 aliphatic rings. The molecule has 2 heterocycles. The second-order valence-electron chi connectivity index (χ2n) is 3.94. The Balaban J connectivity index is 2.20. The zero-order chi connectivity index (χ0) is 13.6. The van der Waals surface area contributed by atoms with E-state index >= 15 is 0 Å². The van der Waals surface area contributed by atoms with Gasteiger partial charge in [0.15, 0.2) is 0 Å². The molecular formula is C12H7Cl2N3OS. The van der Waals surface area contributed by atoms with Crippen LogP contribution in [0.1, 0.15) is 11.4 Å². The molecule has 7 heteroatoms. The molecule has 96 valence electrons. The highest BCUT2D eigenvalue weighted by molar-refractivity contribution is 7.15. The highest BCUT2D eigenvalue weighted by Gasteiger charge is 2.07. The maximum atomic E-state index is 12.1. The summed E-state index contributed by atoms with van der Waals surface area (Å²) in [4.78, 5) is 16.8. The molecule has 0 spiro atoms. The Hall–Kier alpha value is -1.43. The van der Waals surface area contributed by atoms with Gasteiger partial charge in [-0.05, 0) is 30.7 Å². The van der Waals surface area contributed by atoms with E-state index in [0.29, 0.717) is 25.4 Å². The summed E-state index contributed by atoms with van der Waals surface area (Å²) < 4.78 is 1.87. The van der Waals surface area contributed by atoms with E-state index in [4.69, 9.17) is 23.2 Å². The lowest BCUT2D eigenvalue weighted by molar-refractivity contribution is 0.904. The van der Waals surface area contributed by atoms with Crippen LogP contribution in [0.3, 0.4) is 0 Å². The van der Waals surface area contributed by atoms with Crippen molar-refractivity contribution in [1.29, 1.82) is 0 Å². The lowest BCUT2D eigenvalue weighted by Gasteiger charge is -1.96. The Morgan fingerprint density at radius 2 is 2.11 bits per heavy atom. The lowest BCUT2D eigenvalue weighted by Crippen LogP contribution is -2.23. The van der Waals surface area contributed by atoms with Crippen molar-refractivity contribution in [3.05, 3.63) is 54.5 Å². The second-order valence-corrected chi connectivity index (χ2v) is 5.77. The summed E-state index contributed by atoms with van der Waals surface area (Å²) >= 11 is 13.1. The molecule has 0 N–H and O–H groups in total. The fourth-order valence-corrected chi connectivity index (χ4v) is 2.95. The molecule has 0 radical (unpaired) electrons. The van der Waals surface area contributed by atoms with Crippen LogP contribution >= 0.6 is 34.5 Å². The third-order valence-corrected chi connectivity index (χ3v) is 4.23. The van der Waals surface area contributed by atoms with Crippen molar-refractivity contribution < 1.29 is 0 Å². The van der Waals surface area contributed by atoms with Gasteiger partial charge in [-0.3, -0.25) is 4.79 Å². The third-order valence-electron chi connectivity index (χ3n) is 2.53. The number of nitrogens with zero attached hydrogens (tertiary/aromatic N) is 3. The summed E-state index contributed by atoms with van der Waals surface area (Å²) in [6.45, 7) is 1.75. The number of hydrogen-bond acceptors (Lipinski definition) is 4. The first-order chi connectivity index (χ1) is 9.04. The van der Waals surface area contributed by atoms with Gasteiger partial charge in [0.25, 0.3) is 5.56 Å². The number of benzene rings is 1. The van der Waals surface area contributed by atoms with Crippen LogP contribution in [-0.4, -0.2) is 14.6 Å². The van der Waals surface area contributed by atoms with E-state index in [-0.39, 0.29) is 5.56 Å². The monoisotopic (exact) mass is 311 g/mol. The van der Waals surface area contributed by atoms with Gasteiger partial charge in [0.05, 0.1) is 14.6 Å². The number of hydrogen-bond donors (Lipinski definition) is 0. The molecule has 0 saturated heterocycles. The minimum atomic E-state index is -0.174. The van der Waals surface area contributed by atoms with Gasteiger partial charge in [0.2, 0.25) is 4.96 Å². The smallest absolute Gasteiger partial charge is 0.266 e. The Morgan fingerprint density at radius 3 is 2.79 bits per heavy atom. The van der Waals surface area contributed by atoms with Crippen LogP contribution in [0.4, 0.5) is 0 Å². The van der Waals surface area contributed by atoms with Crippen molar-refractivity contribution in [3.8, 4) is 0 Å². The number of rotatable bonds is 1. The Kier molecular flexibility index (Phi) is 3.05. The number of aromatic nitrogens is 3. The summed E-state index contributed by atoms with van der Waals surface area (Å²) in [6.07, 6.45) is 1.75. The Labute approximate surface area is 121 Å². The molecule has 2 aromatic heterocycles.